The van der Waals surface area contributed by atoms with Crippen molar-refractivity contribution in [2.75, 3.05) is 12.0 Å². The second kappa shape index (κ2) is 6.39. The zero-order chi connectivity index (χ0) is 19.2. The summed E-state index contributed by atoms with van der Waals surface area (Å²) in [5.41, 5.74) is 4.06. The third-order valence-corrected chi connectivity index (χ3v) is 4.74. The van der Waals surface area contributed by atoms with Crippen LogP contribution in [0.4, 0.5) is 19.0 Å². The van der Waals surface area contributed by atoms with Crippen LogP contribution in [-0.2, 0) is 16.0 Å². The van der Waals surface area contributed by atoms with Crippen LogP contribution in [-0.4, -0.2) is 35.9 Å². The van der Waals surface area contributed by atoms with E-state index in [1.165, 1.54) is 0 Å². The first kappa shape index (κ1) is 19.3. The highest BCUT2D eigenvalue weighted by atomic mass is 35.5. The van der Waals surface area contributed by atoms with Gasteiger partial charge in [0.2, 0.25) is 0 Å². The Balaban J connectivity index is 2.81. The van der Waals surface area contributed by atoms with Gasteiger partial charge < -0.3 is 10.9 Å². The Bertz CT molecular complexity index is 948. The fraction of sp³-hybridized carbons (Fsp3) is 0.167. The zero-order valence-corrected chi connectivity index (χ0v) is 14.5. The summed E-state index contributed by atoms with van der Waals surface area (Å²) in [6, 6.07) is 1.20. The number of rotatable bonds is 3. The Morgan fingerprint density at radius 2 is 1.84 bits per heavy atom. The molecule has 7 nitrogen and oxygen atoms in total. The average molecular weight is 417 g/mol. The second-order valence-corrected chi connectivity index (χ2v) is 7.58. The molecule has 1 aromatic heterocycles. The van der Waals surface area contributed by atoms with Gasteiger partial charge in [-0.3, -0.25) is 0 Å². The van der Waals surface area contributed by atoms with E-state index in [9.17, 15) is 21.6 Å². The number of oxime groups is 1. The summed E-state index contributed by atoms with van der Waals surface area (Å²) in [6.07, 6.45) is -3.15. The summed E-state index contributed by atoms with van der Waals surface area (Å²) < 4.78 is 62.9. The molecule has 0 aliphatic rings. The molecule has 136 valence electrons. The van der Waals surface area contributed by atoms with Crippen molar-refractivity contribution in [3.8, 4) is 5.69 Å². The largest absolute Gasteiger partial charge is 0.416 e. The predicted octanol–water partition coefficient (Wildman–Crippen LogP) is 2.99. The Kier molecular flexibility index (Phi) is 4.94. The van der Waals surface area contributed by atoms with Crippen molar-refractivity contribution in [3.63, 3.8) is 0 Å². The van der Waals surface area contributed by atoms with Crippen LogP contribution in [0.1, 0.15) is 11.3 Å². The number of hydrogen-bond acceptors (Lipinski definition) is 6. The highest BCUT2D eigenvalue weighted by molar-refractivity contribution is 7.91. The predicted molar refractivity (Wildman–Crippen MR) is 85.5 cm³/mol. The number of sulfone groups is 1. The Morgan fingerprint density at radius 3 is 2.24 bits per heavy atom. The topological polar surface area (TPSA) is 111 Å². The van der Waals surface area contributed by atoms with Crippen LogP contribution in [0.25, 0.3) is 5.69 Å². The van der Waals surface area contributed by atoms with Crippen LogP contribution in [0.3, 0.4) is 0 Å². The quantitative estimate of drug-likeness (QED) is 0.453. The fourth-order valence-electron chi connectivity index (χ4n) is 2.06. The van der Waals surface area contributed by atoms with E-state index < -0.39 is 42.3 Å². The van der Waals surface area contributed by atoms with Gasteiger partial charge in [-0.05, 0) is 12.1 Å². The first-order valence-corrected chi connectivity index (χ1v) is 8.85. The van der Waals surface area contributed by atoms with Gasteiger partial charge in [0, 0.05) is 6.26 Å². The molecule has 2 aromatic rings. The van der Waals surface area contributed by atoms with Gasteiger partial charge in [-0.2, -0.15) is 18.3 Å². The molecule has 0 aliphatic heterocycles. The molecular formula is C12H9Cl2F3N4O3S. The van der Waals surface area contributed by atoms with Crippen molar-refractivity contribution in [1.82, 2.24) is 9.78 Å². The highest BCUT2D eigenvalue weighted by Gasteiger charge is 2.33. The molecular weight excluding hydrogens is 408 g/mol. The number of anilines is 1. The third-order valence-electron chi connectivity index (χ3n) is 3.01. The van der Waals surface area contributed by atoms with E-state index >= 15 is 0 Å². The molecule has 0 fully saturated rings. The number of benzene rings is 1. The van der Waals surface area contributed by atoms with Gasteiger partial charge in [0.15, 0.2) is 9.84 Å². The maximum Gasteiger partial charge on any atom is 0.416 e. The lowest BCUT2D eigenvalue weighted by atomic mass is 10.2. The minimum absolute atomic E-state index is 0.253. The van der Waals surface area contributed by atoms with Crippen molar-refractivity contribution in [3.05, 3.63) is 33.4 Å². The number of aromatic nitrogens is 2. The van der Waals surface area contributed by atoms with Crippen molar-refractivity contribution in [2.45, 2.75) is 11.1 Å². The summed E-state index contributed by atoms with van der Waals surface area (Å²) in [5, 5.41) is 14.2. The van der Waals surface area contributed by atoms with Crippen LogP contribution in [0.2, 0.25) is 10.0 Å². The molecule has 0 spiro atoms. The van der Waals surface area contributed by atoms with Crippen LogP contribution in [0, 0.1) is 0 Å². The fourth-order valence-corrected chi connectivity index (χ4v) is 3.64. The van der Waals surface area contributed by atoms with E-state index in [2.05, 4.69) is 10.3 Å². The number of halogens is 5. The monoisotopic (exact) mass is 416 g/mol. The standard InChI is InChI=1S/C12H9Cl2F3N4O3S/c1-25(23,24)10-8(4-19-22)20-21(11(10)18)9-6(13)2-5(3-7(9)14)12(15,16)17/h2-4,22H,18H2,1H3/b19-4+. The molecule has 0 bridgehead atoms. The summed E-state index contributed by atoms with van der Waals surface area (Å²) in [4.78, 5) is -0.489. The molecule has 1 heterocycles. The number of nitrogens with zero attached hydrogens (tertiary/aromatic N) is 3. The summed E-state index contributed by atoms with van der Waals surface area (Å²) in [6.45, 7) is 0. The smallest absolute Gasteiger partial charge is 0.411 e. The van der Waals surface area contributed by atoms with E-state index in [1.807, 2.05) is 0 Å². The lowest BCUT2D eigenvalue weighted by molar-refractivity contribution is -0.137. The van der Waals surface area contributed by atoms with E-state index in [0.29, 0.717) is 18.3 Å². The Labute approximate surface area is 149 Å². The van der Waals surface area contributed by atoms with Gasteiger partial charge in [-0.1, -0.05) is 28.4 Å². The summed E-state index contributed by atoms with van der Waals surface area (Å²) >= 11 is 11.7. The lowest BCUT2D eigenvalue weighted by Gasteiger charge is -2.13. The summed E-state index contributed by atoms with van der Waals surface area (Å²) in [7, 11) is -3.91. The summed E-state index contributed by atoms with van der Waals surface area (Å²) in [5.74, 6) is -0.457. The first-order valence-electron chi connectivity index (χ1n) is 6.20. The second-order valence-electron chi connectivity index (χ2n) is 4.81. The van der Waals surface area contributed by atoms with Gasteiger partial charge in [-0.15, -0.1) is 0 Å². The normalized spacial score (nSPS) is 12.9. The van der Waals surface area contributed by atoms with E-state index in [-0.39, 0.29) is 11.4 Å². The van der Waals surface area contributed by atoms with Gasteiger partial charge in [0.05, 0.1) is 21.8 Å². The average Bonchev–Trinajstić information content (AvgIpc) is 2.74. The number of nitrogen functional groups attached to an aromatic ring is 1. The molecule has 0 saturated heterocycles. The molecule has 25 heavy (non-hydrogen) atoms. The molecule has 0 saturated carbocycles. The molecule has 0 unspecified atom stereocenters. The molecule has 0 amide bonds. The Morgan fingerprint density at radius 1 is 1.32 bits per heavy atom. The molecule has 13 heteroatoms. The van der Waals surface area contributed by atoms with Gasteiger partial charge in [0.1, 0.15) is 22.1 Å². The van der Waals surface area contributed by atoms with E-state index in [4.69, 9.17) is 34.1 Å². The van der Waals surface area contributed by atoms with Crippen LogP contribution in [0.15, 0.2) is 22.2 Å². The van der Waals surface area contributed by atoms with Crippen molar-refractivity contribution < 1.29 is 26.8 Å². The van der Waals surface area contributed by atoms with Gasteiger partial charge >= 0.3 is 6.18 Å². The maximum absolute atomic E-state index is 12.8. The molecule has 0 atom stereocenters. The number of alkyl halides is 3. The van der Waals surface area contributed by atoms with E-state index in [0.717, 1.165) is 10.9 Å². The van der Waals surface area contributed by atoms with Crippen LogP contribution in [0.5, 0.6) is 0 Å². The van der Waals surface area contributed by atoms with Gasteiger partial charge in [0.25, 0.3) is 0 Å². The van der Waals surface area contributed by atoms with E-state index in [1.54, 1.807) is 0 Å². The van der Waals surface area contributed by atoms with Crippen molar-refractivity contribution in [1.29, 1.82) is 0 Å². The van der Waals surface area contributed by atoms with Crippen molar-refractivity contribution >= 4 is 45.1 Å². The zero-order valence-electron chi connectivity index (χ0n) is 12.2. The lowest BCUT2D eigenvalue weighted by Crippen LogP contribution is -2.09. The first-order chi connectivity index (χ1) is 11.4. The SMILES string of the molecule is CS(=O)(=O)c1c(/C=N/O)nn(-c2c(Cl)cc(C(F)(F)F)cc2Cl)c1N. The van der Waals surface area contributed by atoms with Gasteiger partial charge in [-0.25, -0.2) is 13.1 Å². The van der Waals surface area contributed by atoms with Crippen LogP contribution < -0.4 is 5.73 Å². The maximum atomic E-state index is 12.8. The molecule has 1 aromatic carbocycles. The Hall–Kier alpha value is -1.98. The minimum Gasteiger partial charge on any atom is -0.411 e. The van der Waals surface area contributed by atoms with Crippen LogP contribution >= 0.6 is 23.2 Å². The van der Waals surface area contributed by atoms with Crippen molar-refractivity contribution in [2.24, 2.45) is 5.16 Å². The third kappa shape index (κ3) is 3.67. The molecule has 0 radical (unpaired) electrons. The number of nitrogens with two attached hydrogens (primary N) is 1. The molecule has 3 N–H and O–H groups in total. The highest BCUT2D eigenvalue weighted by Crippen LogP contribution is 2.39. The molecule has 0 aliphatic carbocycles. The minimum atomic E-state index is -4.69. The number of hydrogen-bond donors (Lipinski definition) is 2. The molecule has 2 rings (SSSR count).